The quantitative estimate of drug-likeness (QED) is 0.914. The van der Waals surface area contributed by atoms with Gasteiger partial charge in [0.05, 0.1) is 17.4 Å². The summed E-state index contributed by atoms with van der Waals surface area (Å²) in [6, 6.07) is 6.55. The van der Waals surface area contributed by atoms with E-state index in [0.29, 0.717) is 0 Å². The predicted molar refractivity (Wildman–Crippen MR) is 79.6 cm³/mol. The molecule has 0 bridgehead atoms. The first kappa shape index (κ1) is 12.5. The standard InChI is InChI=1S/C15H22N4/c1-18(10-12-5-7-16-8-6-12)13-3-4-15-14(9-13)17-11-19(15)2/h3-4,9,11-12,16H,5-8,10H2,1-2H3. The summed E-state index contributed by atoms with van der Waals surface area (Å²) >= 11 is 0. The van der Waals surface area contributed by atoms with E-state index in [1.807, 2.05) is 13.4 Å². The highest BCUT2D eigenvalue weighted by Crippen LogP contribution is 2.22. The zero-order valence-corrected chi connectivity index (χ0v) is 11.8. The molecule has 1 aliphatic heterocycles. The third kappa shape index (κ3) is 2.59. The smallest absolute Gasteiger partial charge is 0.0955 e. The second-order valence-corrected chi connectivity index (χ2v) is 5.60. The number of aromatic nitrogens is 2. The van der Waals surface area contributed by atoms with Crippen molar-refractivity contribution in [2.24, 2.45) is 13.0 Å². The van der Waals surface area contributed by atoms with Crippen LogP contribution in [0.3, 0.4) is 0 Å². The Labute approximate surface area is 114 Å². The first-order valence-corrected chi connectivity index (χ1v) is 7.07. The first-order chi connectivity index (χ1) is 9.24. The van der Waals surface area contributed by atoms with Crippen molar-refractivity contribution in [2.75, 3.05) is 31.6 Å². The Morgan fingerprint density at radius 2 is 2.16 bits per heavy atom. The van der Waals surface area contributed by atoms with Crippen molar-refractivity contribution in [3.8, 4) is 0 Å². The first-order valence-electron chi connectivity index (χ1n) is 7.07. The van der Waals surface area contributed by atoms with E-state index in [4.69, 9.17) is 0 Å². The molecule has 0 saturated carbocycles. The summed E-state index contributed by atoms with van der Waals surface area (Å²) in [5, 5.41) is 3.42. The fourth-order valence-electron chi connectivity index (χ4n) is 2.92. The molecule has 1 aromatic carbocycles. The van der Waals surface area contributed by atoms with Crippen LogP contribution < -0.4 is 10.2 Å². The van der Waals surface area contributed by atoms with Crippen LogP contribution in [0, 0.1) is 5.92 Å². The van der Waals surface area contributed by atoms with Crippen molar-refractivity contribution in [3.63, 3.8) is 0 Å². The van der Waals surface area contributed by atoms with Crippen LogP contribution in [0.15, 0.2) is 24.5 Å². The third-order valence-electron chi connectivity index (χ3n) is 4.14. The summed E-state index contributed by atoms with van der Waals surface area (Å²) in [5.41, 5.74) is 3.54. The summed E-state index contributed by atoms with van der Waals surface area (Å²) < 4.78 is 2.06. The van der Waals surface area contributed by atoms with Crippen molar-refractivity contribution in [1.82, 2.24) is 14.9 Å². The maximum atomic E-state index is 4.43. The molecule has 4 heteroatoms. The van der Waals surface area contributed by atoms with Crippen LogP contribution in [-0.2, 0) is 7.05 Å². The van der Waals surface area contributed by atoms with Gasteiger partial charge in [0.25, 0.3) is 0 Å². The minimum Gasteiger partial charge on any atom is -0.374 e. The average Bonchev–Trinajstić information content (AvgIpc) is 2.81. The van der Waals surface area contributed by atoms with E-state index in [9.17, 15) is 0 Å². The van der Waals surface area contributed by atoms with Crippen molar-refractivity contribution in [3.05, 3.63) is 24.5 Å². The molecule has 0 unspecified atom stereocenters. The second kappa shape index (κ2) is 5.21. The second-order valence-electron chi connectivity index (χ2n) is 5.60. The van der Waals surface area contributed by atoms with Crippen molar-refractivity contribution in [2.45, 2.75) is 12.8 Å². The fourth-order valence-corrected chi connectivity index (χ4v) is 2.92. The molecular weight excluding hydrogens is 236 g/mol. The van der Waals surface area contributed by atoms with Crippen LogP contribution in [-0.4, -0.2) is 36.2 Å². The molecule has 1 aliphatic rings. The molecule has 2 heterocycles. The lowest BCUT2D eigenvalue weighted by Crippen LogP contribution is -2.34. The zero-order valence-electron chi connectivity index (χ0n) is 11.8. The lowest BCUT2D eigenvalue weighted by molar-refractivity contribution is 0.378. The highest BCUT2D eigenvalue weighted by Gasteiger charge is 2.15. The van der Waals surface area contributed by atoms with E-state index in [2.05, 4.69) is 45.0 Å². The molecular formula is C15H22N4. The Morgan fingerprint density at radius 1 is 1.37 bits per heavy atom. The number of hydrogen-bond acceptors (Lipinski definition) is 3. The maximum absolute atomic E-state index is 4.43. The molecule has 3 rings (SSSR count). The van der Waals surface area contributed by atoms with Crippen LogP contribution in [0.2, 0.25) is 0 Å². The lowest BCUT2D eigenvalue weighted by atomic mass is 9.97. The van der Waals surface area contributed by atoms with Crippen LogP contribution in [0.25, 0.3) is 11.0 Å². The molecule has 0 radical (unpaired) electrons. The summed E-state index contributed by atoms with van der Waals surface area (Å²) in [6.07, 6.45) is 4.45. The predicted octanol–water partition coefficient (Wildman–Crippen LogP) is 2.01. The molecule has 4 nitrogen and oxygen atoms in total. The van der Waals surface area contributed by atoms with Crippen molar-refractivity contribution < 1.29 is 0 Å². The number of fused-ring (bicyclic) bond motifs is 1. The molecule has 19 heavy (non-hydrogen) atoms. The van der Waals surface area contributed by atoms with Gasteiger partial charge in [-0.2, -0.15) is 0 Å². The van der Waals surface area contributed by atoms with Crippen LogP contribution in [0.1, 0.15) is 12.8 Å². The van der Waals surface area contributed by atoms with E-state index in [1.165, 1.54) is 24.0 Å². The molecule has 0 spiro atoms. The number of anilines is 1. The van der Waals surface area contributed by atoms with E-state index in [0.717, 1.165) is 31.1 Å². The summed E-state index contributed by atoms with van der Waals surface area (Å²) in [5.74, 6) is 0.811. The number of imidazole rings is 1. The largest absolute Gasteiger partial charge is 0.374 e. The van der Waals surface area contributed by atoms with Crippen LogP contribution in [0.5, 0.6) is 0 Å². The molecule has 102 valence electrons. The minimum atomic E-state index is 0.811. The van der Waals surface area contributed by atoms with Gasteiger partial charge in [-0.3, -0.25) is 0 Å². The van der Waals surface area contributed by atoms with Crippen molar-refractivity contribution >= 4 is 16.7 Å². The van der Waals surface area contributed by atoms with Gasteiger partial charge in [0.2, 0.25) is 0 Å². The number of rotatable bonds is 3. The lowest BCUT2D eigenvalue weighted by Gasteiger charge is -2.28. The zero-order chi connectivity index (χ0) is 13.2. The minimum absolute atomic E-state index is 0.811. The number of aryl methyl sites for hydroxylation is 1. The van der Waals surface area contributed by atoms with E-state index in [1.54, 1.807) is 0 Å². The molecule has 2 aromatic rings. The van der Waals surface area contributed by atoms with E-state index in [-0.39, 0.29) is 0 Å². The van der Waals surface area contributed by atoms with Gasteiger partial charge in [0.1, 0.15) is 0 Å². The number of nitrogens with zero attached hydrogens (tertiary/aromatic N) is 3. The number of nitrogens with one attached hydrogen (secondary N) is 1. The SMILES string of the molecule is CN(CC1CCNCC1)c1ccc2c(c1)ncn2C. The monoisotopic (exact) mass is 258 g/mol. The number of piperidine rings is 1. The number of benzene rings is 1. The Balaban J connectivity index is 1.75. The Kier molecular flexibility index (Phi) is 3.42. The Hall–Kier alpha value is -1.55. The average molecular weight is 258 g/mol. The van der Waals surface area contributed by atoms with Gasteiger partial charge in [0, 0.05) is 26.3 Å². The van der Waals surface area contributed by atoms with Gasteiger partial charge in [-0.25, -0.2) is 4.98 Å². The molecule has 0 aliphatic carbocycles. The fraction of sp³-hybridized carbons (Fsp3) is 0.533. The van der Waals surface area contributed by atoms with Gasteiger partial charge >= 0.3 is 0 Å². The third-order valence-corrected chi connectivity index (χ3v) is 4.14. The van der Waals surface area contributed by atoms with Gasteiger partial charge in [0.15, 0.2) is 0 Å². The van der Waals surface area contributed by atoms with Crippen LogP contribution in [0.4, 0.5) is 5.69 Å². The van der Waals surface area contributed by atoms with Crippen molar-refractivity contribution in [1.29, 1.82) is 0 Å². The summed E-state index contributed by atoms with van der Waals surface area (Å²) in [7, 11) is 4.22. The molecule has 0 atom stereocenters. The Bertz CT molecular complexity index is 554. The van der Waals surface area contributed by atoms with Gasteiger partial charge in [-0.15, -0.1) is 0 Å². The summed E-state index contributed by atoms with van der Waals surface area (Å²) in [6.45, 7) is 3.47. The molecule has 1 aromatic heterocycles. The number of hydrogen-bond donors (Lipinski definition) is 1. The molecule has 1 N–H and O–H groups in total. The normalized spacial score (nSPS) is 16.9. The van der Waals surface area contributed by atoms with Crippen LogP contribution >= 0.6 is 0 Å². The summed E-state index contributed by atoms with van der Waals surface area (Å²) in [4.78, 5) is 6.80. The van der Waals surface area contributed by atoms with Gasteiger partial charge < -0.3 is 14.8 Å². The van der Waals surface area contributed by atoms with Gasteiger partial charge in [-0.1, -0.05) is 0 Å². The molecule has 1 fully saturated rings. The van der Waals surface area contributed by atoms with E-state index < -0.39 is 0 Å². The molecule has 0 amide bonds. The van der Waals surface area contributed by atoms with E-state index >= 15 is 0 Å². The molecule has 1 saturated heterocycles. The highest BCUT2D eigenvalue weighted by atomic mass is 15.1. The highest BCUT2D eigenvalue weighted by molar-refractivity contribution is 5.79. The topological polar surface area (TPSA) is 33.1 Å². The van der Waals surface area contributed by atoms with Gasteiger partial charge in [-0.05, 0) is 50.0 Å². The Morgan fingerprint density at radius 3 is 2.95 bits per heavy atom. The maximum Gasteiger partial charge on any atom is 0.0955 e.